The van der Waals surface area contributed by atoms with Crippen LogP contribution in [0.3, 0.4) is 0 Å². The Kier molecular flexibility index (Phi) is 3.81. The van der Waals surface area contributed by atoms with Gasteiger partial charge < -0.3 is 14.6 Å². The summed E-state index contributed by atoms with van der Waals surface area (Å²) in [5, 5.41) is 3.10. The van der Waals surface area contributed by atoms with Crippen molar-refractivity contribution < 1.29 is 9.53 Å². The van der Waals surface area contributed by atoms with Crippen LogP contribution < -0.4 is 5.32 Å². The lowest BCUT2D eigenvalue weighted by atomic mass is 10.1. The number of carbonyl (C=O) groups is 1. The summed E-state index contributed by atoms with van der Waals surface area (Å²) in [5.41, 5.74) is 2.03. The lowest BCUT2D eigenvalue weighted by molar-refractivity contribution is -0.123. The Balaban J connectivity index is 1.52. The van der Waals surface area contributed by atoms with Crippen LogP contribution in [0.5, 0.6) is 0 Å². The maximum atomic E-state index is 12.5. The zero-order chi connectivity index (χ0) is 15.8. The van der Waals surface area contributed by atoms with Gasteiger partial charge in [0.05, 0.1) is 23.2 Å². The first-order chi connectivity index (χ1) is 11.2. The number of nitrogens with one attached hydrogen (secondary N) is 1. The van der Waals surface area contributed by atoms with E-state index in [-0.39, 0.29) is 18.1 Å². The molecule has 1 saturated heterocycles. The van der Waals surface area contributed by atoms with Crippen LogP contribution in [0.25, 0.3) is 11.0 Å². The van der Waals surface area contributed by atoms with Gasteiger partial charge in [0.25, 0.3) is 0 Å². The molecule has 1 amide bonds. The fraction of sp³-hybridized carbons (Fsp3) is 0.556. The summed E-state index contributed by atoms with van der Waals surface area (Å²) >= 11 is 0. The van der Waals surface area contributed by atoms with Crippen LogP contribution in [-0.2, 0) is 16.1 Å². The molecule has 1 aromatic heterocycles. The summed E-state index contributed by atoms with van der Waals surface area (Å²) in [4.78, 5) is 17.2. The van der Waals surface area contributed by atoms with Crippen LogP contribution in [0, 0.1) is 0 Å². The van der Waals surface area contributed by atoms with E-state index < -0.39 is 0 Å². The molecule has 122 valence electrons. The Morgan fingerprint density at radius 2 is 2.22 bits per heavy atom. The molecule has 4 rings (SSSR count). The number of amides is 1. The molecule has 0 radical (unpaired) electrons. The van der Waals surface area contributed by atoms with Gasteiger partial charge in [-0.15, -0.1) is 0 Å². The first-order valence-corrected chi connectivity index (χ1v) is 8.58. The minimum absolute atomic E-state index is 0.0399. The maximum Gasteiger partial charge on any atom is 0.240 e. The van der Waals surface area contributed by atoms with Crippen molar-refractivity contribution in [2.75, 3.05) is 6.61 Å². The number of rotatable bonds is 5. The van der Waals surface area contributed by atoms with Gasteiger partial charge in [-0.25, -0.2) is 4.98 Å². The molecule has 2 atom stereocenters. The van der Waals surface area contributed by atoms with E-state index in [1.807, 2.05) is 31.2 Å². The van der Waals surface area contributed by atoms with Gasteiger partial charge in [0.15, 0.2) is 0 Å². The number of aromatic nitrogens is 2. The van der Waals surface area contributed by atoms with E-state index in [9.17, 15) is 4.79 Å². The highest BCUT2D eigenvalue weighted by Gasteiger charge is 2.30. The van der Waals surface area contributed by atoms with Gasteiger partial charge in [-0.05, 0) is 44.7 Å². The smallest absolute Gasteiger partial charge is 0.240 e. The molecule has 2 aromatic rings. The first-order valence-electron chi connectivity index (χ1n) is 8.58. The summed E-state index contributed by atoms with van der Waals surface area (Å²) in [6, 6.07) is 8.12. The summed E-state index contributed by atoms with van der Waals surface area (Å²) in [7, 11) is 0. The van der Waals surface area contributed by atoms with Crippen molar-refractivity contribution in [3.05, 3.63) is 30.1 Å². The molecule has 1 saturated carbocycles. The molecule has 5 nitrogen and oxygen atoms in total. The van der Waals surface area contributed by atoms with Gasteiger partial charge in [-0.3, -0.25) is 4.79 Å². The molecule has 1 aliphatic heterocycles. The van der Waals surface area contributed by atoms with E-state index in [2.05, 4.69) is 9.88 Å². The average molecular weight is 313 g/mol. The minimum atomic E-state index is 0.0399. The number of ether oxygens (including phenoxy) is 1. The quantitative estimate of drug-likeness (QED) is 0.923. The van der Waals surface area contributed by atoms with Crippen molar-refractivity contribution in [1.29, 1.82) is 0 Å². The van der Waals surface area contributed by atoms with Crippen molar-refractivity contribution in [1.82, 2.24) is 14.9 Å². The molecule has 1 N–H and O–H groups in total. The zero-order valence-electron chi connectivity index (χ0n) is 13.5. The van der Waals surface area contributed by atoms with E-state index in [1.54, 1.807) is 0 Å². The van der Waals surface area contributed by atoms with Crippen molar-refractivity contribution >= 4 is 16.9 Å². The molecular formula is C18H23N3O2. The van der Waals surface area contributed by atoms with Crippen molar-refractivity contribution in [2.45, 2.75) is 57.2 Å². The van der Waals surface area contributed by atoms with E-state index in [0.717, 1.165) is 36.3 Å². The summed E-state index contributed by atoms with van der Waals surface area (Å²) < 4.78 is 7.75. The summed E-state index contributed by atoms with van der Waals surface area (Å²) in [6.07, 6.45) is 4.63. The Morgan fingerprint density at radius 1 is 1.39 bits per heavy atom. The second-order valence-corrected chi connectivity index (χ2v) is 6.73. The predicted molar refractivity (Wildman–Crippen MR) is 88.3 cm³/mol. The zero-order valence-corrected chi connectivity index (χ0v) is 13.5. The maximum absolute atomic E-state index is 12.5. The number of nitrogens with zero attached hydrogens (tertiary/aromatic N) is 2. The average Bonchev–Trinajstić information content (AvgIpc) is 3.10. The highest BCUT2D eigenvalue weighted by Crippen LogP contribution is 2.40. The Bertz CT molecular complexity index is 714. The summed E-state index contributed by atoms with van der Waals surface area (Å²) in [5.74, 6) is 1.62. The molecule has 0 spiro atoms. The second kappa shape index (κ2) is 5.96. The molecule has 2 aliphatic rings. The van der Waals surface area contributed by atoms with Crippen molar-refractivity contribution in [2.24, 2.45) is 0 Å². The molecule has 2 fully saturated rings. The molecule has 2 heterocycles. The summed E-state index contributed by atoms with van der Waals surface area (Å²) in [6.45, 7) is 3.17. The van der Waals surface area contributed by atoms with E-state index in [4.69, 9.17) is 9.72 Å². The van der Waals surface area contributed by atoms with Crippen LogP contribution in [0.2, 0.25) is 0 Å². The molecule has 0 bridgehead atoms. The molecule has 23 heavy (non-hydrogen) atoms. The fourth-order valence-corrected chi connectivity index (χ4v) is 3.45. The molecule has 0 unspecified atom stereocenters. The van der Waals surface area contributed by atoms with Crippen molar-refractivity contribution in [3.63, 3.8) is 0 Å². The van der Waals surface area contributed by atoms with Gasteiger partial charge in [-0.2, -0.15) is 0 Å². The number of para-hydroxylation sites is 2. The van der Waals surface area contributed by atoms with E-state index in [0.29, 0.717) is 12.5 Å². The van der Waals surface area contributed by atoms with Crippen LogP contribution in [0.15, 0.2) is 24.3 Å². The van der Waals surface area contributed by atoms with Crippen LogP contribution in [-0.4, -0.2) is 34.2 Å². The number of hydrogen-bond acceptors (Lipinski definition) is 3. The van der Waals surface area contributed by atoms with Gasteiger partial charge in [0, 0.05) is 12.5 Å². The SMILES string of the molecule is C[C@H](NC(=O)Cn1c(C2CC2)nc2ccccc21)[C@H]1CCCO1. The third-order valence-electron chi connectivity index (χ3n) is 4.84. The van der Waals surface area contributed by atoms with Crippen molar-refractivity contribution in [3.8, 4) is 0 Å². The third-order valence-corrected chi connectivity index (χ3v) is 4.84. The first kappa shape index (κ1) is 14.7. The normalized spacial score (nSPS) is 22.4. The van der Waals surface area contributed by atoms with E-state index in [1.165, 1.54) is 12.8 Å². The Hall–Kier alpha value is -1.88. The Labute approximate surface area is 136 Å². The van der Waals surface area contributed by atoms with Gasteiger partial charge in [-0.1, -0.05) is 12.1 Å². The lowest BCUT2D eigenvalue weighted by Crippen LogP contribution is -2.42. The minimum Gasteiger partial charge on any atom is -0.376 e. The molecule has 1 aromatic carbocycles. The monoisotopic (exact) mass is 313 g/mol. The number of imidazole rings is 1. The number of benzene rings is 1. The topological polar surface area (TPSA) is 56.2 Å². The predicted octanol–water partition coefficient (Wildman–Crippen LogP) is 2.60. The molecule has 5 heteroatoms. The van der Waals surface area contributed by atoms with Gasteiger partial charge >= 0.3 is 0 Å². The number of carbonyl (C=O) groups excluding carboxylic acids is 1. The number of hydrogen-bond donors (Lipinski definition) is 1. The largest absolute Gasteiger partial charge is 0.376 e. The fourth-order valence-electron chi connectivity index (χ4n) is 3.45. The van der Waals surface area contributed by atoms with E-state index >= 15 is 0 Å². The third kappa shape index (κ3) is 2.98. The van der Waals surface area contributed by atoms with Crippen LogP contribution >= 0.6 is 0 Å². The Morgan fingerprint density at radius 3 is 2.96 bits per heavy atom. The van der Waals surface area contributed by atoms with Crippen LogP contribution in [0.1, 0.15) is 44.3 Å². The molecule has 1 aliphatic carbocycles. The lowest BCUT2D eigenvalue weighted by Gasteiger charge is -2.20. The number of fused-ring (bicyclic) bond motifs is 1. The standard InChI is InChI=1S/C18H23N3O2/c1-12(16-7-4-10-23-16)19-17(22)11-21-15-6-3-2-5-14(15)20-18(21)13-8-9-13/h2-3,5-6,12-13,16H,4,7-11H2,1H3,(H,19,22)/t12-,16+/m0/s1. The van der Waals surface area contributed by atoms with Gasteiger partial charge in [0.2, 0.25) is 5.91 Å². The second-order valence-electron chi connectivity index (χ2n) is 6.73. The highest BCUT2D eigenvalue weighted by atomic mass is 16.5. The van der Waals surface area contributed by atoms with Crippen LogP contribution in [0.4, 0.5) is 0 Å². The highest BCUT2D eigenvalue weighted by molar-refractivity contribution is 5.81. The molecular weight excluding hydrogens is 290 g/mol. The van der Waals surface area contributed by atoms with Gasteiger partial charge in [0.1, 0.15) is 12.4 Å².